The van der Waals surface area contributed by atoms with Gasteiger partial charge in [-0.3, -0.25) is 10.1 Å². The molecule has 1 aliphatic heterocycles. The molecule has 0 aromatic heterocycles. The number of ether oxygens (including phenoxy) is 3. The Labute approximate surface area is 130 Å². The number of hydrogen-bond donors (Lipinski definition) is 1. The van der Waals surface area contributed by atoms with E-state index < -0.39 is 16.8 Å². The molecule has 0 radical (unpaired) electrons. The second-order valence-corrected chi connectivity index (χ2v) is 4.82. The highest BCUT2D eigenvalue weighted by molar-refractivity contribution is 5.57. The van der Waals surface area contributed by atoms with E-state index in [1.54, 1.807) is 0 Å². The number of nitro groups is 1. The van der Waals surface area contributed by atoms with Crippen molar-refractivity contribution in [3.63, 3.8) is 0 Å². The molecule has 1 unspecified atom stereocenters. The number of aliphatic hydroxyl groups is 1. The van der Waals surface area contributed by atoms with Crippen molar-refractivity contribution in [3.05, 3.63) is 57.4 Å². The van der Waals surface area contributed by atoms with Crippen LogP contribution in [0.3, 0.4) is 0 Å². The minimum absolute atomic E-state index is 0.0212. The quantitative estimate of drug-likeness (QED) is 0.687. The van der Waals surface area contributed by atoms with Crippen molar-refractivity contribution < 1.29 is 28.6 Å². The molecule has 2 aromatic carbocycles. The third-order valence-electron chi connectivity index (χ3n) is 3.50. The van der Waals surface area contributed by atoms with E-state index >= 15 is 0 Å². The van der Waals surface area contributed by atoms with Crippen molar-refractivity contribution in [2.45, 2.75) is 6.10 Å². The predicted molar refractivity (Wildman–Crippen MR) is 76.2 cm³/mol. The van der Waals surface area contributed by atoms with E-state index in [0.717, 1.165) is 6.07 Å². The van der Waals surface area contributed by atoms with Crippen LogP contribution in [0.2, 0.25) is 0 Å². The molecule has 3 rings (SSSR count). The van der Waals surface area contributed by atoms with Gasteiger partial charge in [-0.1, -0.05) is 6.07 Å². The van der Waals surface area contributed by atoms with Crippen molar-refractivity contribution in [3.8, 4) is 17.2 Å². The lowest BCUT2D eigenvalue weighted by Gasteiger charge is -2.14. The lowest BCUT2D eigenvalue weighted by Crippen LogP contribution is -2.05. The highest BCUT2D eigenvalue weighted by atomic mass is 19.1. The van der Waals surface area contributed by atoms with E-state index in [-0.39, 0.29) is 35.1 Å². The van der Waals surface area contributed by atoms with Crippen LogP contribution in [0.5, 0.6) is 17.2 Å². The molecule has 1 aliphatic rings. The van der Waals surface area contributed by atoms with Gasteiger partial charge in [-0.2, -0.15) is 0 Å². The number of nitrogens with zero attached hydrogens (tertiary/aromatic N) is 1. The molecule has 0 fully saturated rings. The fourth-order valence-electron chi connectivity index (χ4n) is 2.35. The number of benzene rings is 2. The van der Waals surface area contributed by atoms with Crippen LogP contribution in [0.25, 0.3) is 0 Å². The van der Waals surface area contributed by atoms with Crippen molar-refractivity contribution in [2.75, 3.05) is 13.9 Å². The molecule has 120 valence electrons. The molecule has 0 saturated heterocycles. The fourth-order valence-corrected chi connectivity index (χ4v) is 2.35. The van der Waals surface area contributed by atoms with Crippen LogP contribution in [0.4, 0.5) is 10.1 Å². The van der Waals surface area contributed by atoms with E-state index in [2.05, 4.69) is 0 Å². The highest BCUT2D eigenvalue weighted by Crippen LogP contribution is 2.41. The summed E-state index contributed by atoms with van der Waals surface area (Å²) in [4.78, 5) is 10.6. The van der Waals surface area contributed by atoms with E-state index in [0.29, 0.717) is 5.75 Å². The zero-order chi connectivity index (χ0) is 16.6. The molecule has 1 N–H and O–H groups in total. The monoisotopic (exact) mass is 321 g/mol. The van der Waals surface area contributed by atoms with Crippen LogP contribution in [0.1, 0.15) is 17.2 Å². The van der Waals surface area contributed by atoms with Gasteiger partial charge in [-0.05, 0) is 23.8 Å². The van der Waals surface area contributed by atoms with Crippen LogP contribution < -0.4 is 14.2 Å². The molecule has 0 amide bonds. The summed E-state index contributed by atoms with van der Waals surface area (Å²) in [5.74, 6) is -0.114. The maximum absolute atomic E-state index is 13.5. The Kier molecular flexibility index (Phi) is 3.75. The predicted octanol–water partition coefficient (Wildman–Crippen LogP) is 2.55. The van der Waals surface area contributed by atoms with Gasteiger partial charge in [0.25, 0.3) is 5.69 Å². The molecule has 23 heavy (non-hydrogen) atoms. The summed E-state index contributed by atoms with van der Waals surface area (Å²) in [6, 6.07) is 6.28. The van der Waals surface area contributed by atoms with Gasteiger partial charge in [0, 0.05) is 0 Å². The van der Waals surface area contributed by atoms with Crippen molar-refractivity contribution in [1.82, 2.24) is 0 Å². The van der Waals surface area contributed by atoms with Crippen LogP contribution in [-0.2, 0) is 0 Å². The minimum Gasteiger partial charge on any atom is -0.494 e. The van der Waals surface area contributed by atoms with Gasteiger partial charge in [-0.15, -0.1) is 0 Å². The standard InChI is InChI=1S/C15H12FNO6/c1-21-12-4-8(2-3-10(12)16)15(18)9-5-13-14(23-7-22-13)6-11(9)17(19)20/h2-6,15,18H,7H2,1H3. The number of fused-ring (bicyclic) bond motifs is 1. The van der Waals surface area contributed by atoms with Crippen LogP contribution in [0, 0.1) is 15.9 Å². The Balaban J connectivity index is 2.08. The lowest BCUT2D eigenvalue weighted by atomic mass is 9.99. The lowest BCUT2D eigenvalue weighted by molar-refractivity contribution is -0.386. The summed E-state index contributed by atoms with van der Waals surface area (Å²) in [7, 11) is 1.29. The zero-order valence-electron chi connectivity index (χ0n) is 12.0. The van der Waals surface area contributed by atoms with Gasteiger partial charge in [0.2, 0.25) is 6.79 Å². The van der Waals surface area contributed by atoms with E-state index in [1.807, 2.05) is 0 Å². The number of methoxy groups -OCH3 is 1. The summed E-state index contributed by atoms with van der Waals surface area (Å²) in [6.45, 7) is -0.0452. The first-order valence-corrected chi connectivity index (χ1v) is 6.60. The molecule has 0 saturated carbocycles. The number of nitro benzene ring substituents is 1. The SMILES string of the molecule is COc1cc(C(O)c2cc3c(cc2[N+](=O)[O-])OCO3)ccc1F. The summed E-state index contributed by atoms with van der Waals surface area (Å²) >= 11 is 0. The second kappa shape index (κ2) is 5.73. The Morgan fingerprint density at radius 3 is 2.65 bits per heavy atom. The Hall–Kier alpha value is -2.87. The molecule has 1 atom stereocenters. The van der Waals surface area contributed by atoms with Crippen LogP contribution in [-0.4, -0.2) is 23.9 Å². The Morgan fingerprint density at radius 1 is 1.30 bits per heavy atom. The number of hydrogen-bond acceptors (Lipinski definition) is 6. The molecule has 0 aliphatic carbocycles. The van der Waals surface area contributed by atoms with Crippen molar-refractivity contribution in [2.24, 2.45) is 0 Å². The highest BCUT2D eigenvalue weighted by Gasteiger charge is 2.28. The van der Waals surface area contributed by atoms with Gasteiger partial charge >= 0.3 is 0 Å². The summed E-state index contributed by atoms with van der Waals surface area (Å²) in [5, 5.41) is 21.7. The first-order valence-electron chi connectivity index (χ1n) is 6.60. The minimum atomic E-state index is -1.35. The molecule has 8 heteroatoms. The summed E-state index contributed by atoms with van der Waals surface area (Å²) < 4.78 is 28.6. The summed E-state index contributed by atoms with van der Waals surface area (Å²) in [5.41, 5.74) is -0.0387. The second-order valence-electron chi connectivity index (χ2n) is 4.82. The van der Waals surface area contributed by atoms with Crippen molar-refractivity contribution in [1.29, 1.82) is 0 Å². The molecule has 7 nitrogen and oxygen atoms in total. The van der Waals surface area contributed by atoms with Gasteiger partial charge in [0.1, 0.15) is 6.10 Å². The van der Waals surface area contributed by atoms with Gasteiger partial charge in [-0.25, -0.2) is 4.39 Å². The topological polar surface area (TPSA) is 91.1 Å². The number of halogens is 1. The van der Waals surface area contributed by atoms with Crippen LogP contribution in [0.15, 0.2) is 30.3 Å². The smallest absolute Gasteiger partial charge is 0.279 e. The first kappa shape index (κ1) is 15.0. The number of rotatable bonds is 4. The van der Waals surface area contributed by atoms with E-state index in [1.165, 1.54) is 31.4 Å². The molecule has 1 heterocycles. The third kappa shape index (κ3) is 2.64. The Morgan fingerprint density at radius 2 is 2.00 bits per heavy atom. The third-order valence-corrected chi connectivity index (χ3v) is 3.50. The average molecular weight is 321 g/mol. The summed E-state index contributed by atoms with van der Waals surface area (Å²) in [6.07, 6.45) is -1.35. The van der Waals surface area contributed by atoms with Gasteiger partial charge < -0.3 is 19.3 Å². The van der Waals surface area contributed by atoms with E-state index in [9.17, 15) is 19.6 Å². The zero-order valence-corrected chi connectivity index (χ0v) is 12.0. The van der Waals surface area contributed by atoms with Gasteiger partial charge in [0.15, 0.2) is 23.1 Å². The molecule has 0 spiro atoms. The normalized spacial score (nSPS) is 13.7. The molecular formula is C15H12FNO6. The van der Waals surface area contributed by atoms with Gasteiger partial charge in [0.05, 0.1) is 23.7 Å². The van der Waals surface area contributed by atoms with Crippen molar-refractivity contribution >= 4 is 5.69 Å². The Bertz CT molecular complexity index is 779. The van der Waals surface area contributed by atoms with Crippen LogP contribution >= 0.6 is 0 Å². The maximum atomic E-state index is 13.5. The molecule has 2 aromatic rings. The average Bonchev–Trinajstić information content (AvgIpc) is 3.00. The fraction of sp³-hybridized carbons (Fsp3) is 0.200. The first-order chi connectivity index (χ1) is 11.0. The number of aliphatic hydroxyl groups excluding tert-OH is 1. The maximum Gasteiger partial charge on any atom is 0.279 e. The molecule has 0 bridgehead atoms. The largest absolute Gasteiger partial charge is 0.494 e. The van der Waals surface area contributed by atoms with E-state index in [4.69, 9.17) is 14.2 Å². The molecular weight excluding hydrogens is 309 g/mol.